The summed E-state index contributed by atoms with van der Waals surface area (Å²) in [7, 11) is -3.80. The van der Waals surface area contributed by atoms with E-state index in [1.165, 1.54) is 28.6 Å². The highest BCUT2D eigenvalue weighted by Crippen LogP contribution is 2.32. The first-order valence-electron chi connectivity index (χ1n) is 7.32. The standard InChI is InChI=1S/C15H13Cl2FN2O3S2/c16-10-8-9(3-4-11(10)18)19-15(21)12-2-1-7-20(12)25(22,23)14-6-5-13(17)24-14/h3-6,8,12H,1-2,7H2,(H,19,21)/t12-/m1/s1. The van der Waals surface area contributed by atoms with Crippen molar-refractivity contribution in [3.8, 4) is 0 Å². The van der Waals surface area contributed by atoms with E-state index >= 15 is 0 Å². The van der Waals surface area contributed by atoms with Gasteiger partial charge in [-0.15, -0.1) is 11.3 Å². The zero-order valence-corrected chi connectivity index (χ0v) is 15.9. The van der Waals surface area contributed by atoms with E-state index in [2.05, 4.69) is 5.32 Å². The van der Waals surface area contributed by atoms with Gasteiger partial charge in [-0.3, -0.25) is 4.79 Å². The van der Waals surface area contributed by atoms with Crippen LogP contribution in [0.25, 0.3) is 0 Å². The Bertz CT molecular complexity index is 917. The maximum atomic E-state index is 13.2. The van der Waals surface area contributed by atoms with E-state index in [1.54, 1.807) is 0 Å². The highest BCUT2D eigenvalue weighted by molar-refractivity contribution is 7.91. The van der Waals surface area contributed by atoms with E-state index < -0.39 is 27.8 Å². The van der Waals surface area contributed by atoms with Crippen LogP contribution in [-0.2, 0) is 14.8 Å². The van der Waals surface area contributed by atoms with Gasteiger partial charge in [0.1, 0.15) is 16.1 Å². The molecule has 134 valence electrons. The molecule has 3 rings (SSSR count). The van der Waals surface area contributed by atoms with Crippen LogP contribution in [0.2, 0.25) is 9.36 Å². The van der Waals surface area contributed by atoms with Crippen LogP contribution in [0.1, 0.15) is 12.8 Å². The molecule has 2 heterocycles. The third-order valence-electron chi connectivity index (χ3n) is 3.80. The number of halogens is 3. The molecule has 1 aromatic heterocycles. The molecule has 10 heteroatoms. The van der Waals surface area contributed by atoms with Crippen LogP contribution in [0, 0.1) is 5.82 Å². The summed E-state index contributed by atoms with van der Waals surface area (Å²) >= 11 is 12.5. The molecular formula is C15H13Cl2FN2O3S2. The molecule has 1 atom stereocenters. The summed E-state index contributed by atoms with van der Waals surface area (Å²) in [4.78, 5) is 12.5. The van der Waals surface area contributed by atoms with Gasteiger partial charge in [-0.25, -0.2) is 12.8 Å². The van der Waals surface area contributed by atoms with E-state index in [-0.39, 0.29) is 15.8 Å². The van der Waals surface area contributed by atoms with Crippen LogP contribution < -0.4 is 5.32 Å². The molecule has 0 radical (unpaired) electrons. The molecule has 1 amide bonds. The number of thiophene rings is 1. The van der Waals surface area contributed by atoms with Crippen molar-refractivity contribution < 1.29 is 17.6 Å². The van der Waals surface area contributed by atoms with Crippen LogP contribution in [0.5, 0.6) is 0 Å². The second kappa shape index (κ2) is 7.20. The Morgan fingerprint density at radius 3 is 2.68 bits per heavy atom. The quantitative estimate of drug-likeness (QED) is 0.809. The molecule has 0 unspecified atom stereocenters. The Balaban J connectivity index is 1.81. The summed E-state index contributed by atoms with van der Waals surface area (Å²) in [5.41, 5.74) is 0.305. The van der Waals surface area contributed by atoms with Gasteiger partial charge in [0.2, 0.25) is 5.91 Å². The topological polar surface area (TPSA) is 66.5 Å². The largest absolute Gasteiger partial charge is 0.325 e. The summed E-state index contributed by atoms with van der Waals surface area (Å²) in [5.74, 6) is -1.08. The van der Waals surface area contributed by atoms with Crippen molar-refractivity contribution in [2.45, 2.75) is 23.1 Å². The van der Waals surface area contributed by atoms with Crippen LogP contribution in [0.4, 0.5) is 10.1 Å². The average molecular weight is 423 g/mol. The SMILES string of the molecule is O=C(Nc1ccc(F)c(Cl)c1)[C@H]1CCCN1S(=O)(=O)c1ccc(Cl)s1. The van der Waals surface area contributed by atoms with Crippen LogP contribution in [-0.4, -0.2) is 31.2 Å². The second-order valence-electron chi connectivity index (χ2n) is 5.45. The fraction of sp³-hybridized carbons (Fsp3) is 0.267. The number of nitrogens with one attached hydrogen (secondary N) is 1. The number of nitrogens with zero attached hydrogens (tertiary/aromatic N) is 1. The Kier molecular flexibility index (Phi) is 5.36. The predicted molar refractivity (Wildman–Crippen MR) is 96.3 cm³/mol. The lowest BCUT2D eigenvalue weighted by Crippen LogP contribution is -2.42. The summed E-state index contributed by atoms with van der Waals surface area (Å²) < 4.78 is 40.3. The van der Waals surface area contributed by atoms with E-state index in [0.717, 1.165) is 17.4 Å². The van der Waals surface area contributed by atoms with E-state index in [9.17, 15) is 17.6 Å². The zero-order chi connectivity index (χ0) is 18.2. The number of benzene rings is 1. The van der Waals surface area contributed by atoms with Gasteiger partial charge in [-0.05, 0) is 43.2 Å². The molecule has 0 aliphatic carbocycles. The van der Waals surface area contributed by atoms with Crippen molar-refractivity contribution in [1.82, 2.24) is 4.31 Å². The van der Waals surface area contributed by atoms with Crippen molar-refractivity contribution in [2.24, 2.45) is 0 Å². The number of carbonyl (C=O) groups excluding carboxylic acids is 1. The van der Waals surface area contributed by atoms with Gasteiger partial charge >= 0.3 is 0 Å². The van der Waals surface area contributed by atoms with Crippen molar-refractivity contribution >= 4 is 56.2 Å². The molecule has 25 heavy (non-hydrogen) atoms. The summed E-state index contributed by atoms with van der Waals surface area (Å²) in [6, 6.07) is 5.87. The number of rotatable bonds is 4. The second-order valence-corrected chi connectivity index (χ2v) is 9.69. The van der Waals surface area contributed by atoms with Gasteiger partial charge in [0, 0.05) is 12.2 Å². The normalized spacial score (nSPS) is 18.4. The van der Waals surface area contributed by atoms with Gasteiger partial charge in [0.15, 0.2) is 0 Å². The van der Waals surface area contributed by atoms with Gasteiger partial charge < -0.3 is 5.32 Å². The highest BCUT2D eigenvalue weighted by Gasteiger charge is 2.40. The van der Waals surface area contributed by atoms with Crippen molar-refractivity contribution in [2.75, 3.05) is 11.9 Å². The highest BCUT2D eigenvalue weighted by atomic mass is 35.5. The molecule has 1 aliphatic heterocycles. The molecular weight excluding hydrogens is 410 g/mol. The van der Waals surface area contributed by atoms with Crippen LogP contribution in [0.15, 0.2) is 34.5 Å². The number of hydrogen-bond donors (Lipinski definition) is 1. The van der Waals surface area contributed by atoms with Crippen LogP contribution in [0.3, 0.4) is 0 Å². The summed E-state index contributed by atoms with van der Waals surface area (Å²) in [6.07, 6.45) is 0.972. The number of anilines is 1. The number of hydrogen-bond acceptors (Lipinski definition) is 4. The first-order chi connectivity index (χ1) is 11.8. The monoisotopic (exact) mass is 422 g/mol. The Labute approximate surface area is 158 Å². The number of sulfonamides is 1. The summed E-state index contributed by atoms with van der Waals surface area (Å²) in [5, 5.41) is 2.47. The molecule has 1 aliphatic rings. The van der Waals surface area contributed by atoms with Crippen molar-refractivity contribution in [1.29, 1.82) is 0 Å². The average Bonchev–Trinajstić information content (AvgIpc) is 3.20. The van der Waals surface area contributed by atoms with Gasteiger partial charge in [-0.2, -0.15) is 4.31 Å². The molecule has 5 nitrogen and oxygen atoms in total. The number of carbonyl (C=O) groups is 1. The lowest BCUT2D eigenvalue weighted by atomic mass is 10.2. The maximum Gasteiger partial charge on any atom is 0.253 e. The molecule has 1 fully saturated rings. The first-order valence-corrected chi connectivity index (χ1v) is 10.3. The fourth-order valence-electron chi connectivity index (χ4n) is 2.64. The minimum absolute atomic E-state index is 0.0991. The molecule has 1 N–H and O–H groups in total. The van der Waals surface area contributed by atoms with Crippen LogP contribution >= 0.6 is 34.5 Å². The van der Waals surface area contributed by atoms with Crippen molar-refractivity contribution in [3.63, 3.8) is 0 Å². The molecule has 0 bridgehead atoms. The molecule has 0 spiro atoms. The molecule has 2 aromatic rings. The zero-order valence-electron chi connectivity index (χ0n) is 12.7. The third kappa shape index (κ3) is 3.83. The van der Waals surface area contributed by atoms with Gasteiger partial charge in [-0.1, -0.05) is 23.2 Å². The molecule has 0 saturated carbocycles. The first kappa shape index (κ1) is 18.6. The predicted octanol–water partition coefficient (Wildman–Crippen LogP) is 3.99. The molecule has 1 saturated heterocycles. The minimum Gasteiger partial charge on any atom is -0.325 e. The lowest BCUT2D eigenvalue weighted by Gasteiger charge is -2.22. The van der Waals surface area contributed by atoms with Gasteiger partial charge in [0.25, 0.3) is 10.0 Å². The van der Waals surface area contributed by atoms with E-state index in [4.69, 9.17) is 23.2 Å². The Morgan fingerprint density at radius 2 is 2.04 bits per heavy atom. The van der Waals surface area contributed by atoms with Crippen molar-refractivity contribution in [3.05, 3.63) is 45.5 Å². The lowest BCUT2D eigenvalue weighted by molar-refractivity contribution is -0.119. The van der Waals surface area contributed by atoms with E-state index in [0.29, 0.717) is 22.9 Å². The summed E-state index contributed by atoms with van der Waals surface area (Å²) in [6.45, 7) is 0.250. The Hall–Kier alpha value is -1.19. The smallest absolute Gasteiger partial charge is 0.253 e. The number of amides is 1. The molecule has 1 aromatic carbocycles. The Morgan fingerprint density at radius 1 is 1.28 bits per heavy atom. The third-order valence-corrected chi connectivity index (χ3v) is 7.70. The van der Waals surface area contributed by atoms with E-state index in [1.807, 2.05) is 0 Å². The minimum atomic E-state index is -3.80. The maximum absolute atomic E-state index is 13.2. The van der Waals surface area contributed by atoms with Gasteiger partial charge in [0.05, 0.1) is 9.36 Å². The fourth-order valence-corrected chi connectivity index (χ4v) is 6.09.